The van der Waals surface area contributed by atoms with Crippen molar-refractivity contribution in [2.45, 2.75) is 31.9 Å². The third kappa shape index (κ3) is 1.81. The Morgan fingerprint density at radius 2 is 2.21 bits per heavy atom. The highest BCUT2D eigenvalue weighted by molar-refractivity contribution is 6.01. The van der Waals surface area contributed by atoms with Gasteiger partial charge in [-0.15, -0.1) is 0 Å². The maximum atomic E-state index is 11.2. The van der Waals surface area contributed by atoms with Crippen molar-refractivity contribution in [3.8, 4) is 0 Å². The summed E-state index contributed by atoms with van der Waals surface area (Å²) in [4.78, 5) is 15.6. The van der Waals surface area contributed by atoms with Gasteiger partial charge in [0.2, 0.25) is 0 Å². The predicted molar refractivity (Wildman–Crippen MR) is 70.5 cm³/mol. The Morgan fingerprint density at radius 1 is 1.47 bits per heavy atom. The fourth-order valence-electron chi connectivity index (χ4n) is 2.81. The largest absolute Gasteiger partial charge is 0.478 e. The molecule has 100 valence electrons. The number of hydrogen-bond acceptors (Lipinski definition) is 3. The molecule has 3 rings (SSSR count). The number of imidazole rings is 1. The van der Waals surface area contributed by atoms with E-state index in [1.807, 2.05) is 13.0 Å². The molecule has 1 aromatic carbocycles. The molecular weight excluding hydrogens is 244 g/mol. The molecular formula is C14H16N2O3. The number of carboxylic acids is 1. The van der Waals surface area contributed by atoms with Crippen LogP contribution < -0.4 is 0 Å². The molecule has 19 heavy (non-hydrogen) atoms. The van der Waals surface area contributed by atoms with Gasteiger partial charge in [0.25, 0.3) is 0 Å². The van der Waals surface area contributed by atoms with Crippen LogP contribution in [0.15, 0.2) is 18.2 Å². The normalized spacial score (nSPS) is 22.4. The fraction of sp³-hybridized carbons (Fsp3) is 0.429. The van der Waals surface area contributed by atoms with E-state index in [9.17, 15) is 9.90 Å². The summed E-state index contributed by atoms with van der Waals surface area (Å²) >= 11 is 0. The Hall–Kier alpha value is -1.88. The molecule has 1 aliphatic carbocycles. The summed E-state index contributed by atoms with van der Waals surface area (Å²) in [6.45, 7) is 1.92. The number of rotatable bonds is 3. The van der Waals surface area contributed by atoms with Gasteiger partial charge in [-0.25, -0.2) is 9.78 Å². The summed E-state index contributed by atoms with van der Waals surface area (Å²) < 4.78 is 7.44. The Balaban J connectivity index is 2.08. The van der Waals surface area contributed by atoms with Gasteiger partial charge in [0, 0.05) is 13.2 Å². The number of methoxy groups -OCH3 is 1. The van der Waals surface area contributed by atoms with E-state index < -0.39 is 5.97 Å². The van der Waals surface area contributed by atoms with E-state index in [4.69, 9.17) is 4.74 Å². The second-order valence-electron chi connectivity index (χ2n) is 4.99. The molecule has 1 fully saturated rings. The molecule has 0 unspecified atom stereocenters. The summed E-state index contributed by atoms with van der Waals surface area (Å²) in [5.41, 5.74) is 1.74. The highest BCUT2D eigenvalue weighted by Crippen LogP contribution is 2.37. The van der Waals surface area contributed by atoms with Gasteiger partial charge in [0.05, 0.1) is 17.2 Å². The molecule has 0 bridgehead atoms. The first kappa shape index (κ1) is 12.2. The first-order valence-electron chi connectivity index (χ1n) is 6.35. The molecule has 1 N–H and O–H groups in total. The molecule has 1 aliphatic rings. The van der Waals surface area contributed by atoms with Crippen molar-refractivity contribution < 1.29 is 14.6 Å². The molecule has 0 radical (unpaired) electrons. The molecule has 1 saturated carbocycles. The average Bonchev–Trinajstić information content (AvgIpc) is 2.64. The molecule has 5 nitrogen and oxygen atoms in total. The van der Waals surface area contributed by atoms with Crippen LogP contribution in [0.2, 0.25) is 0 Å². The summed E-state index contributed by atoms with van der Waals surface area (Å²) in [6, 6.07) is 5.66. The minimum absolute atomic E-state index is 0.266. The van der Waals surface area contributed by atoms with Gasteiger partial charge < -0.3 is 14.4 Å². The minimum atomic E-state index is -0.932. The van der Waals surface area contributed by atoms with Crippen molar-refractivity contribution in [3.05, 3.63) is 29.6 Å². The van der Waals surface area contributed by atoms with Gasteiger partial charge in [-0.1, -0.05) is 6.07 Å². The molecule has 1 aromatic heterocycles. The molecule has 2 aromatic rings. The molecule has 0 atom stereocenters. The fourth-order valence-corrected chi connectivity index (χ4v) is 2.81. The van der Waals surface area contributed by atoms with Crippen LogP contribution in [0.25, 0.3) is 11.0 Å². The van der Waals surface area contributed by atoms with Crippen molar-refractivity contribution in [2.24, 2.45) is 0 Å². The van der Waals surface area contributed by atoms with Crippen molar-refractivity contribution in [3.63, 3.8) is 0 Å². The number of carboxylic acid groups (broad SMARTS) is 1. The van der Waals surface area contributed by atoms with Crippen LogP contribution >= 0.6 is 0 Å². The number of aryl methyl sites for hydroxylation is 1. The van der Waals surface area contributed by atoms with Gasteiger partial charge in [0.1, 0.15) is 11.3 Å². The Bertz CT molecular complexity index is 641. The Morgan fingerprint density at radius 3 is 2.84 bits per heavy atom. The monoisotopic (exact) mass is 260 g/mol. The van der Waals surface area contributed by atoms with Crippen LogP contribution in [0, 0.1) is 6.92 Å². The lowest BCUT2D eigenvalue weighted by Crippen LogP contribution is -2.32. The van der Waals surface area contributed by atoms with Crippen molar-refractivity contribution >= 4 is 17.0 Å². The van der Waals surface area contributed by atoms with E-state index in [0.29, 0.717) is 17.7 Å². The number of nitrogens with zero attached hydrogens (tertiary/aromatic N) is 2. The lowest BCUT2D eigenvalue weighted by molar-refractivity contribution is 0.00681. The molecule has 0 aliphatic heterocycles. The Kier molecular flexibility index (Phi) is 2.78. The summed E-state index contributed by atoms with van der Waals surface area (Å²) in [7, 11) is 1.72. The minimum Gasteiger partial charge on any atom is -0.478 e. The van der Waals surface area contributed by atoms with Crippen molar-refractivity contribution in [1.29, 1.82) is 0 Å². The van der Waals surface area contributed by atoms with Gasteiger partial charge in [0.15, 0.2) is 0 Å². The summed E-state index contributed by atoms with van der Waals surface area (Å²) in [5.74, 6) is -0.0677. The van der Waals surface area contributed by atoms with Crippen LogP contribution in [0.1, 0.15) is 35.1 Å². The predicted octanol–water partition coefficient (Wildman–Crippen LogP) is 2.39. The van der Waals surface area contributed by atoms with Gasteiger partial charge >= 0.3 is 5.97 Å². The maximum absolute atomic E-state index is 11.2. The summed E-state index contributed by atoms with van der Waals surface area (Å²) in [6.07, 6.45) is 2.23. The number of fused-ring (bicyclic) bond motifs is 1. The topological polar surface area (TPSA) is 64.4 Å². The van der Waals surface area contributed by atoms with E-state index in [0.717, 1.165) is 24.2 Å². The third-order valence-corrected chi connectivity index (χ3v) is 3.90. The molecule has 1 heterocycles. The third-order valence-electron chi connectivity index (χ3n) is 3.90. The first-order valence-corrected chi connectivity index (χ1v) is 6.35. The molecule has 0 spiro atoms. The number of carbonyl (C=O) groups is 1. The van der Waals surface area contributed by atoms with Crippen LogP contribution in [0.4, 0.5) is 0 Å². The lowest BCUT2D eigenvalue weighted by atomic mass is 9.88. The van der Waals surface area contributed by atoms with Crippen molar-refractivity contribution in [2.75, 3.05) is 7.11 Å². The lowest BCUT2D eigenvalue weighted by Gasteiger charge is -2.36. The number of hydrogen-bond donors (Lipinski definition) is 1. The zero-order chi connectivity index (χ0) is 13.6. The smallest absolute Gasteiger partial charge is 0.337 e. The number of aromatic carboxylic acids is 1. The van der Waals surface area contributed by atoms with Crippen LogP contribution in [0.5, 0.6) is 0 Å². The zero-order valence-electron chi connectivity index (χ0n) is 11.0. The van der Waals surface area contributed by atoms with Crippen LogP contribution in [0.3, 0.4) is 0 Å². The number of para-hydroxylation sites is 1. The molecule has 0 saturated heterocycles. The standard InChI is InChI=1S/C14H16N2O3/c1-8-15-13-11(14(17)18)4-3-5-12(13)16(8)9-6-10(7-9)19-2/h3-5,9-10H,6-7H2,1-2H3,(H,17,18). The molecule has 5 heteroatoms. The van der Waals surface area contributed by atoms with E-state index in [1.54, 1.807) is 19.2 Å². The van der Waals surface area contributed by atoms with E-state index >= 15 is 0 Å². The quantitative estimate of drug-likeness (QED) is 0.920. The van der Waals surface area contributed by atoms with Gasteiger partial charge in [-0.05, 0) is 31.9 Å². The first-order chi connectivity index (χ1) is 9.11. The number of ether oxygens (including phenoxy) is 1. The van der Waals surface area contributed by atoms with Gasteiger partial charge in [-0.3, -0.25) is 0 Å². The average molecular weight is 260 g/mol. The zero-order valence-corrected chi connectivity index (χ0v) is 11.0. The van der Waals surface area contributed by atoms with Crippen molar-refractivity contribution in [1.82, 2.24) is 9.55 Å². The van der Waals surface area contributed by atoms with E-state index in [-0.39, 0.29) is 5.56 Å². The Labute approximate surface area is 110 Å². The SMILES string of the molecule is COC1CC(n2c(C)nc3c(C(=O)O)cccc32)C1. The summed E-state index contributed by atoms with van der Waals surface area (Å²) in [5, 5.41) is 9.20. The second kappa shape index (κ2) is 4.35. The number of benzene rings is 1. The van der Waals surface area contributed by atoms with Crippen LogP contribution in [-0.4, -0.2) is 33.8 Å². The highest BCUT2D eigenvalue weighted by Gasteiger charge is 2.32. The second-order valence-corrected chi connectivity index (χ2v) is 4.99. The molecule has 0 amide bonds. The van der Waals surface area contributed by atoms with E-state index in [1.165, 1.54) is 0 Å². The van der Waals surface area contributed by atoms with Crippen LogP contribution in [-0.2, 0) is 4.74 Å². The highest BCUT2D eigenvalue weighted by atomic mass is 16.5. The van der Waals surface area contributed by atoms with E-state index in [2.05, 4.69) is 9.55 Å². The van der Waals surface area contributed by atoms with Gasteiger partial charge in [-0.2, -0.15) is 0 Å². The number of aromatic nitrogens is 2. The maximum Gasteiger partial charge on any atom is 0.337 e.